The normalized spacial score (nSPS) is 31.4. The number of benzene rings is 1. The van der Waals surface area contributed by atoms with E-state index in [1.54, 1.807) is 19.2 Å². The number of fused-ring (bicyclic) bond motifs is 2. The topological polar surface area (TPSA) is 77.5 Å². The first kappa shape index (κ1) is 24.5. The average Bonchev–Trinajstić information content (AvgIpc) is 3.15. The van der Waals surface area contributed by atoms with Gasteiger partial charge in [0, 0.05) is 23.7 Å². The van der Waals surface area contributed by atoms with Gasteiger partial charge >= 0.3 is 12.1 Å². The van der Waals surface area contributed by atoms with Crippen LogP contribution in [-0.4, -0.2) is 35.8 Å². The van der Waals surface area contributed by atoms with Gasteiger partial charge in [0.2, 0.25) is 0 Å². The monoisotopic (exact) mass is 492 g/mol. The van der Waals surface area contributed by atoms with Crippen LogP contribution in [-0.2, 0) is 14.3 Å². The summed E-state index contributed by atoms with van der Waals surface area (Å²) in [5.41, 5.74) is 2.48. The molecular formula is C29H33FN2O4. The molecule has 1 saturated heterocycles. The Morgan fingerprint density at radius 1 is 1.22 bits per heavy atom. The molecule has 0 unspecified atom stereocenters. The molecule has 7 atom stereocenters. The quantitative estimate of drug-likeness (QED) is 0.548. The Hall–Kier alpha value is -3.22. The number of ether oxygens (including phenoxy) is 2. The average molecular weight is 493 g/mol. The van der Waals surface area contributed by atoms with E-state index in [4.69, 9.17) is 9.47 Å². The van der Waals surface area contributed by atoms with Crippen LogP contribution in [0.15, 0.2) is 48.7 Å². The molecule has 5 rings (SSSR count). The first-order chi connectivity index (χ1) is 17.4. The van der Waals surface area contributed by atoms with Crippen LogP contribution in [0.25, 0.3) is 17.2 Å². The van der Waals surface area contributed by atoms with Crippen molar-refractivity contribution in [3.8, 4) is 11.1 Å². The van der Waals surface area contributed by atoms with E-state index in [9.17, 15) is 14.0 Å². The predicted molar refractivity (Wildman–Crippen MR) is 134 cm³/mol. The highest BCUT2D eigenvalue weighted by Gasteiger charge is 2.54. The lowest BCUT2D eigenvalue weighted by Crippen LogP contribution is -2.48. The second-order valence-corrected chi connectivity index (χ2v) is 10.3. The van der Waals surface area contributed by atoms with E-state index >= 15 is 0 Å². The summed E-state index contributed by atoms with van der Waals surface area (Å²) in [6.07, 6.45) is 9.07. The number of amides is 1. The minimum atomic E-state index is -0.368. The van der Waals surface area contributed by atoms with Crippen LogP contribution in [0.2, 0.25) is 0 Å². The lowest BCUT2D eigenvalue weighted by molar-refractivity contribution is -0.144. The molecule has 2 heterocycles. The molecule has 2 saturated carbocycles. The van der Waals surface area contributed by atoms with Crippen LogP contribution in [0.1, 0.15) is 45.2 Å². The highest BCUT2D eigenvalue weighted by atomic mass is 19.1. The number of allylic oxidation sites excluding steroid dienone is 1. The fourth-order valence-electron chi connectivity index (χ4n) is 6.64. The number of cyclic esters (lactones) is 1. The summed E-state index contributed by atoms with van der Waals surface area (Å²) in [6.45, 7) is 4.15. The Bertz CT molecular complexity index is 1130. The number of pyridine rings is 1. The van der Waals surface area contributed by atoms with E-state index in [0.717, 1.165) is 42.5 Å². The number of hydrogen-bond acceptors (Lipinski definition) is 5. The summed E-state index contributed by atoms with van der Waals surface area (Å²) in [4.78, 5) is 29.2. The van der Waals surface area contributed by atoms with E-state index in [1.165, 1.54) is 12.1 Å². The summed E-state index contributed by atoms with van der Waals surface area (Å²) in [7, 11) is 0. The SMILES string of the molecule is CCOC(=O)N[C@H]1CC[C@@H]2[C@H](C1)C[C@@H]1C(=O)O[C@@H](C)[C@@H]1[C@H]2/C=C/c1ccc(-c2cccc(F)c2)cn1. The van der Waals surface area contributed by atoms with Crippen molar-refractivity contribution in [3.05, 3.63) is 60.2 Å². The van der Waals surface area contributed by atoms with Gasteiger partial charge in [-0.05, 0) is 87.1 Å². The largest absolute Gasteiger partial charge is 0.462 e. The molecule has 2 aliphatic carbocycles. The number of alkyl carbamates (subject to hydrolysis) is 1. The zero-order chi connectivity index (χ0) is 25.2. The third-order valence-electron chi connectivity index (χ3n) is 8.18. The Balaban J connectivity index is 1.34. The maximum Gasteiger partial charge on any atom is 0.407 e. The Morgan fingerprint density at radius 3 is 2.83 bits per heavy atom. The van der Waals surface area contributed by atoms with Crippen molar-refractivity contribution in [3.63, 3.8) is 0 Å². The number of aromatic nitrogens is 1. The van der Waals surface area contributed by atoms with Crippen molar-refractivity contribution < 1.29 is 23.5 Å². The predicted octanol–water partition coefficient (Wildman–Crippen LogP) is 5.63. The number of carbonyl (C=O) groups excluding carboxylic acids is 2. The first-order valence-electron chi connectivity index (χ1n) is 13.0. The molecule has 36 heavy (non-hydrogen) atoms. The zero-order valence-electron chi connectivity index (χ0n) is 20.7. The molecule has 190 valence electrons. The number of carbonyl (C=O) groups is 2. The minimum absolute atomic E-state index is 0.0679. The summed E-state index contributed by atoms with van der Waals surface area (Å²) >= 11 is 0. The molecule has 1 aromatic carbocycles. The Morgan fingerprint density at radius 2 is 2.08 bits per heavy atom. The van der Waals surface area contributed by atoms with Crippen molar-refractivity contribution in [2.45, 2.75) is 51.7 Å². The van der Waals surface area contributed by atoms with Gasteiger partial charge in [0.1, 0.15) is 11.9 Å². The molecule has 1 amide bonds. The molecule has 0 spiro atoms. The van der Waals surface area contributed by atoms with Gasteiger partial charge in [-0.25, -0.2) is 9.18 Å². The number of hydrogen-bond donors (Lipinski definition) is 1. The summed E-state index contributed by atoms with van der Waals surface area (Å²) in [6, 6.07) is 10.4. The molecule has 1 aromatic heterocycles. The van der Waals surface area contributed by atoms with Crippen molar-refractivity contribution in [2.75, 3.05) is 6.61 Å². The molecule has 3 aliphatic rings. The van der Waals surface area contributed by atoms with Crippen LogP contribution in [0.3, 0.4) is 0 Å². The van der Waals surface area contributed by atoms with Gasteiger partial charge in [-0.15, -0.1) is 0 Å². The van der Waals surface area contributed by atoms with Gasteiger partial charge in [-0.3, -0.25) is 9.78 Å². The van der Waals surface area contributed by atoms with Crippen LogP contribution in [0.4, 0.5) is 9.18 Å². The molecule has 0 radical (unpaired) electrons. The maximum atomic E-state index is 13.6. The van der Waals surface area contributed by atoms with E-state index in [-0.39, 0.29) is 47.8 Å². The fraction of sp³-hybridized carbons (Fsp3) is 0.483. The van der Waals surface area contributed by atoms with Crippen LogP contribution in [0.5, 0.6) is 0 Å². The van der Waals surface area contributed by atoms with Crippen LogP contribution < -0.4 is 5.32 Å². The van der Waals surface area contributed by atoms with E-state index in [1.807, 2.05) is 31.2 Å². The van der Waals surface area contributed by atoms with Crippen LogP contribution in [0, 0.1) is 35.4 Å². The van der Waals surface area contributed by atoms with Gasteiger partial charge in [0.05, 0.1) is 18.2 Å². The third kappa shape index (κ3) is 5.01. The number of halogens is 1. The maximum absolute atomic E-state index is 13.6. The molecule has 6 nitrogen and oxygen atoms in total. The van der Waals surface area contributed by atoms with E-state index < -0.39 is 0 Å². The molecule has 7 heteroatoms. The molecule has 0 bridgehead atoms. The zero-order valence-corrected chi connectivity index (χ0v) is 20.7. The Labute approximate surface area is 211 Å². The number of rotatable bonds is 5. The van der Waals surface area contributed by atoms with E-state index in [0.29, 0.717) is 18.4 Å². The highest BCUT2D eigenvalue weighted by molar-refractivity contribution is 5.75. The third-order valence-corrected chi connectivity index (χ3v) is 8.18. The number of nitrogens with zero attached hydrogens (tertiary/aromatic N) is 1. The van der Waals surface area contributed by atoms with Crippen molar-refractivity contribution in [1.82, 2.24) is 10.3 Å². The second kappa shape index (κ2) is 10.4. The number of nitrogens with one attached hydrogen (secondary N) is 1. The van der Waals surface area contributed by atoms with Crippen molar-refractivity contribution >= 4 is 18.1 Å². The van der Waals surface area contributed by atoms with Crippen LogP contribution >= 0.6 is 0 Å². The molecule has 1 aliphatic heterocycles. The Kier molecular flexibility index (Phi) is 7.08. The minimum Gasteiger partial charge on any atom is -0.462 e. The molecule has 2 aromatic rings. The fourth-order valence-corrected chi connectivity index (χ4v) is 6.64. The first-order valence-corrected chi connectivity index (χ1v) is 13.0. The standard InChI is InChI=1S/C29H33FN2O4/c1-3-35-29(34)32-23-10-11-24-20(14-23)15-26-27(17(2)36-28(26)33)25(24)12-9-22-8-7-19(16-31-22)18-5-4-6-21(30)13-18/h4-9,12-13,16-17,20,23-27H,3,10-11,14-15H2,1-2H3,(H,32,34)/b12-9+/t17-,20+,23-,24+,25-,26-,27+/m0/s1. The molecule has 3 fully saturated rings. The van der Waals surface area contributed by atoms with Gasteiger partial charge in [0.25, 0.3) is 0 Å². The van der Waals surface area contributed by atoms with E-state index in [2.05, 4.69) is 16.4 Å². The number of esters is 1. The lowest BCUT2D eigenvalue weighted by Gasteiger charge is -2.47. The smallest absolute Gasteiger partial charge is 0.407 e. The summed E-state index contributed by atoms with van der Waals surface area (Å²) < 4.78 is 24.3. The molecular weight excluding hydrogens is 459 g/mol. The van der Waals surface area contributed by atoms with Gasteiger partial charge in [-0.2, -0.15) is 0 Å². The summed E-state index contributed by atoms with van der Waals surface area (Å²) in [5, 5.41) is 3.00. The summed E-state index contributed by atoms with van der Waals surface area (Å²) in [5.74, 6) is 0.629. The van der Waals surface area contributed by atoms with Crippen molar-refractivity contribution in [1.29, 1.82) is 0 Å². The lowest BCUT2D eigenvalue weighted by atomic mass is 9.57. The molecule has 1 N–H and O–H groups in total. The second-order valence-electron chi connectivity index (χ2n) is 10.3. The van der Waals surface area contributed by atoms with Gasteiger partial charge in [-0.1, -0.05) is 24.3 Å². The van der Waals surface area contributed by atoms with Gasteiger partial charge < -0.3 is 14.8 Å². The highest BCUT2D eigenvalue weighted by Crippen LogP contribution is 2.53. The van der Waals surface area contributed by atoms with Crippen molar-refractivity contribution in [2.24, 2.45) is 29.6 Å². The van der Waals surface area contributed by atoms with Gasteiger partial charge in [0.15, 0.2) is 0 Å².